The lowest BCUT2D eigenvalue weighted by Gasteiger charge is -2.38. The molecule has 1 aromatic heterocycles. The minimum atomic E-state index is -0.197. The first-order valence-corrected chi connectivity index (χ1v) is 11.3. The number of nitrogens with one attached hydrogen (secondary N) is 1. The van der Waals surface area contributed by atoms with Gasteiger partial charge in [-0.3, -0.25) is 4.79 Å². The average molecular weight is 437 g/mol. The number of fused-ring (bicyclic) bond motifs is 1. The predicted molar refractivity (Wildman–Crippen MR) is 118 cm³/mol. The van der Waals surface area contributed by atoms with Gasteiger partial charge >= 0.3 is 0 Å². The molecule has 2 aliphatic rings. The molecule has 0 unspecified atom stereocenters. The molecule has 3 aromatic rings. The predicted octanol–water partition coefficient (Wildman–Crippen LogP) is 3.94. The second-order valence-electron chi connectivity index (χ2n) is 7.93. The Labute approximate surface area is 185 Å². The molecule has 1 fully saturated rings. The van der Waals surface area contributed by atoms with Crippen LogP contribution in [0.4, 0.5) is 0 Å². The van der Waals surface area contributed by atoms with E-state index in [1.807, 2.05) is 35.7 Å². The van der Waals surface area contributed by atoms with Crippen LogP contribution >= 0.6 is 11.3 Å². The van der Waals surface area contributed by atoms with Gasteiger partial charge in [-0.15, -0.1) is 11.3 Å². The highest BCUT2D eigenvalue weighted by molar-refractivity contribution is 7.09. The lowest BCUT2D eigenvalue weighted by Crippen LogP contribution is -2.44. The standard InChI is InChI=1S/C24H24N2O4S/c27-23(19-14-31-22(26-19)12-17-4-2-1-3-5-17)25-15-24(8-10-28-11-9-24)18-6-7-20-21(13-18)30-16-29-20/h1-7,13-14H,8-12,15-16H2,(H,25,27). The third-order valence-electron chi connectivity index (χ3n) is 6.00. The first-order chi connectivity index (χ1) is 15.2. The minimum Gasteiger partial charge on any atom is -0.454 e. The fourth-order valence-corrected chi connectivity index (χ4v) is 4.97. The number of hydrogen-bond acceptors (Lipinski definition) is 6. The SMILES string of the molecule is O=C(NCC1(c2ccc3c(c2)OCO3)CCOCC1)c1csc(Cc2ccccc2)n1. The number of carbonyl (C=O) groups is 1. The van der Waals surface area contributed by atoms with E-state index in [0.29, 0.717) is 25.5 Å². The molecule has 3 heterocycles. The molecule has 7 heteroatoms. The molecule has 1 saturated heterocycles. The molecule has 160 valence electrons. The van der Waals surface area contributed by atoms with Crippen molar-refractivity contribution in [3.8, 4) is 11.5 Å². The van der Waals surface area contributed by atoms with Crippen LogP contribution < -0.4 is 14.8 Å². The van der Waals surface area contributed by atoms with Crippen LogP contribution in [0.5, 0.6) is 11.5 Å². The fraction of sp³-hybridized carbons (Fsp3) is 0.333. The van der Waals surface area contributed by atoms with Gasteiger partial charge in [-0.2, -0.15) is 0 Å². The molecule has 0 spiro atoms. The van der Waals surface area contributed by atoms with E-state index >= 15 is 0 Å². The lowest BCUT2D eigenvalue weighted by atomic mass is 9.74. The summed E-state index contributed by atoms with van der Waals surface area (Å²) in [5.74, 6) is 1.39. The molecule has 31 heavy (non-hydrogen) atoms. The van der Waals surface area contributed by atoms with Crippen molar-refractivity contribution in [3.05, 3.63) is 75.7 Å². The van der Waals surface area contributed by atoms with Crippen LogP contribution in [0.25, 0.3) is 0 Å². The maximum absolute atomic E-state index is 12.9. The third-order valence-corrected chi connectivity index (χ3v) is 6.85. The summed E-state index contributed by atoms with van der Waals surface area (Å²) in [6, 6.07) is 16.2. The highest BCUT2D eigenvalue weighted by atomic mass is 32.1. The fourth-order valence-electron chi connectivity index (χ4n) is 4.16. The van der Waals surface area contributed by atoms with Crippen molar-refractivity contribution in [1.29, 1.82) is 0 Å². The molecule has 0 radical (unpaired) electrons. The van der Waals surface area contributed by atoms with Crippen molar-refractivity contribution in [2.24, 2.45) is 0 Å². The van der Waals surface area contributed by atoms with Gasteiger partial charge < -0.3 is 19.5 Å². The number of nitrogens with zero attached hydrogens (tertiary/aromatic N) is 1. The van der Waals surface area contributed by atoms with Crippen LogP contribution in [0.15, 0.2) is 53.9 Å². The highest BCUT2D eigenvalue weighted by Gasteiger charge is 2.36. The van der Waals surface area contributed by atoms with Gasteiger partial charge in [0, 0.05) is 37.0 Å². The van der Waals surface area contributed by atoms with Crippen molar-refractivity contribution in [1.82, 2.24) is 10.3 Å². The number of thiazole rings is 1. The zero-order chi connectivity index (χ0) is 21.1. The van der Waals surface area contributed by atoms with Gasteiger partial charge in [0.05, 0.1) is 5.01 Å². The molecule has 1 amide bonds. The number of amides is 1. The molecule has 0 saturated carbocycles. The van der Waals surface area contributed by atoms with Crippen molar-refractivity contribution >= 4 is 17.2 Å². The van der Waals surface area contributed by atoms with Gasteiger partial charge in [0.25, 0.3) is 5.91 Å². The first kappa shape index (κ1) is 20.0. The van der Waals surface area contributed by atoms with Gasteiger partial charge in [-0.05, 0) is 36.1 Å². The van der Waals surface area contributed by atoms with E-state index in [-0.39, 0.29) is 18.1 Å². The monoisotopic (exact) mass is 436 g/mol. The summed E-state index contributed by atoms with van der Waals surface area (Å²) < 4.78 is 16.6. The van der Waals surface area contributed by atoms with E-state index in [1.165, 1.54) is 16.9 Å². The molecule has 0 atom stereocenters. The highest BCUT2D eigenvalue weighted by Crippen LogP contribution is 2.40. The van der Waals surface area contributed by atoms with E-state index in [0.717, 1.165) is 41.3 Å². The molecule has 0 bridgehead atoms. The number of ether oxygens (including phenoxy) is 3. The second-order valence-corrected chi connectivity index (χ2v) is 8.87. The van der Waals surface area contributed by atoms with E-state index in [9.17, 15) is 4.79 Å². The summed E-state index contributed by atoms with van der Waals surface area (Å²) in [5.41, 5.74) is 2.61. The van der Waals surface area contributed by atoms with E-state index in [1.54, 1.807) is 0 Å². The normalized spacial score (nSPS) is 16.8. The lowest BCUT2D eigenvalue weighted by molar-refractivity contribution is 0.0486. The van der Waals surface area contributed by atoms with Crippen molar-refractivity contribution in [3.63, 3.8) is 0 Å². The Morgan fingerprint density at radius 2 is 1.87 bits per heavy atom. The minimum absolute atomic E-state index is 0.137. The third kappa shape index (κ3) is 4.29. The molecule has 2 aromatic carbocycles. The molecule has 6 nitrogen and oxygen atoms in total. The molecule has 2 aliphatic heterocycles. The zero-order valence-corrected chi connectivity index (χ0v) is 18.0. The second kappa shape index (κ2) is 8.69. The van der Waals surface area contributed by atoms with Gasteiger partial charge in [0.2, 0.25) is 6.79 Å². The summed E-state index contributed by atoms with van der Waals surface area (Å²) in [6.07, 6.45) is 2.41. The zero-order valence-electron chi connectivity index (χ0n) is 17.1. The Kier molecular flexibility index (Phi) is 5.61. The number of hydrogen-bond donors (Lipinski definition) is 1. The topological polar surface area (TPSA) is 69.7 Å². The summed E-state index contributed by atoms with van der Waals surface area (Å²) in [4.78, 5) is 17.4. The smallest absolute Gasteiger partial charge is 0.270 e. The summed E-state index contributed by atoms with van der Waals surface area (Å²) in [6.45, 7) is 2.12. The Morgan fingerprint density at radius 1 is 1.06 bits per heavy atom. The largest absolute Gasteiger partial charge is 0.454 e. The molecular weight excluding hydrogens is 412 g/mol. The average Bonchev–Trinajstić information content (AvgIpc) is 3.48. The number of carbonyl (C=O) groups excluding carboxylic acids is 1. The Balaban J connectivity index is 1.29. The molecular formula is C24H24N2O4S. The Hall–Kier alpha value is -2.90. The van der Waals surface area contributed by atoms with Gasteiger partial charge in [0.1, 0.15) is 5.69 Å². The number of benzene rings is 2. The van der Waals surface area contributed by atoms with E-state index in [4.69, 9.17) is 14.2 Å². The van der Waals surface area contributed by atoms with Crippen LogP contribution in [0, 0.1) is 0 Å². The van der Waals surface area contributed by atoms with Gasteiger partial charge in [-0.25, -0.2) is 4.98 Å². The quantitative estimate of drug-likeness (QED) is 0.634. The van der Waals surface area contributed by atoms with E-state index in [2.05, 4.69) is 28.5 Å². The van der Waals surface area contributed by atoms with Gasteiger partial charge in [-0.1, -0.05) is 36.4 Å². The van der Waals surface area contributed by atoms with Gasteiger partial charge in [0.15, 0.2) is 11.5 Å². The summed E-state index contributed by atoms with van der Waals surface area (Å²) in [5, 5.41) is 5.91. The Bertz CT molecular complexity index is 1060. The number of aromatic nitrogens is 1. The van der Waals surface area contributed by atoms with Crippen LogP contribution in [-0.4, -0.2) is 37.4 Å². The number of rotatable bonds is 6. The van der Waals surface area contributed by atoms with Crippen molar-refractivity contribution < 1.29 is 19.0 Å². The Morgan fingerprint density at radius 3 is 2.71 bits per heavy atom. The van der Waals surface area contributed by atoms with Crippen molar-refractivity contribution in [2.75, 3.05) is 26.6 Å². The first-order valence-electron chi connectivity index (χ1n) is 10.5. The molecule has 5 rings (SSSR count). The summed E-state index contributed by atoms with van der Waals surface area (Å²) in [7, 11) is 0. The van der Waals surface area contributed by atoms with Crippen LogP contribution in [0.1, 0.15) is 39.5 Å². The van der Waals surface area contributed by atoms with Crippen molar-refractivity contribution in [2.45, 2.75) is 24.7 Å². The van der Waals surface area contributed by atoms with Crippen LogP contribution in [0.3, 0.4) is 0 Å². The van der Waals surface area contributed by atoms with Crippen LogP contribution in [0.2, 0.25) is 0 Å². The maximum Gasteiger partial charge on any atom is 0.270 e. The molecule has 0 aliphatic carbocycles. The molecule has 1 N–H and O–H groups in total. The van der Waals surface area contributed by atoms with E-state index < -0.39 is 0 Å². The van der Waals surface area contributed by atoms with Crippen LogP contribution in [-0.2, 0) is 16.6 Å². The summed E-state index contributed by atoms with van der Waals surface area (Å²) >= 11 is 1.52. The maximum atomic E-state index is 12.9.